The Morgan fingerprint density at radius 2 is 1.49 bits per heavy atom. The third-order valence-electron chi connectivity index (χ3n) is 8.70. The summed E-state index contributed by atoms with van der Waals surface area (Å²) in [5.41, 5.74) is 2.61. The van der Waals surface area contributed by atoms with E-state index in [1.165, 1.54) is 11.1 Å². The van der Waals surface area contributed by atoms with E-state index in [1.807, 2.05) is 79.7 Å². The summed E-state index contributed by atoms with van der Waals surface area (Å²) in [6.45, 7) is 2.73. The highest BCUT2D eigenvalue weighted by Gasteiger charge is 2.39. The molecular formula is C33H41N3O3. The third kappa shape index (κ3) is 6.19. The van der Waals surface area contributed by atoms with Gasteiger partial charge in [0.1, 0.15) is 5.60 Å². The minimum absolute atomic E-state index is 0.0234. The number of carbonyl (C=O) groups is 1. The van der Waals surface area contributed by atoms with Crippen LogP contribution in [0.2, 0.25) is 0 Å². The fraction of sp³-hybridized carbons (Fsp3) is 0.424. The van der Waals surface area contributed by atoms with E-state index < -0.39 is 11.6 Å². The number of urea groups is 1. The summed E-state index contributed by atoms with van der Waals surface area (Å²) in [7, 11) is 0. The van der Waals surface area contributed by atoms with E-state index >= 15 is 0 Å². The van der Waals surface area contributed by atoms with Gasteiger partial charge in [0.25, 0.3) is 0 Å². The van der Waals surface area contributed by atoms with Crippen LogP contribution in [-0.4, -0.2) is 41.0 Å². The van der Waals surface area contributed by atoms with Gasteiger partial charge in [-0.05, 0) is 73.7 Å². The second kappa shape index (κ2) is 12.3. The Labute approximate surface area is 231 Å². The molecule has 5 N–H and O–H groups in total. The number of benzene rings is 3. The van der Waals surface area contributed by atoms with Crippen LogP contribution in [-0.2, 0) is 12.0 Å². The fourth-order valence-corrected chi connectivity index (χ4v) is 6.44. The summed E-state index contributed by atoms with van der Waals surface area (Å²) in [5, 5.41) is 32.1. The summed E-state index contributed by atoms with van der Waals surface area (Å²) in [5.74, 6) is 0.618. The van der Waals surface area contributed by atoms with Crippen LogP contribution in [0, 0.1) is 5.92 Å². The van der Waals surface area contributed by atoms with Crippen LogP contribution in [0.3, 0.4) is 0 Å². The van der Waals surface area contributed by atoms with Crippen molar-refractivity contribution in [1.82, 2.24) is 16.0 Å². The Hall–Kier alpha value is -3.19. The molecule has 0 saturated heterocycles. The molecule has 0 heterocycles. The Balaban J connectivity index is 1.09. The Kier molecular flexibility index (Phi) is 8.66. The van der Waals surface area contributed by atoms with Gasteiger partial charge in [0, 0.05) is 12.5 Å². The lowest BCUT2D eigenvalue weighted by Crippen LogP contribution is -2.54. The molecule has 2 aliphatic rings. The zero-order chi connectivity index (χ0) is 27.2. The fourth-order valence-electron chi connectivity index (χ4n) is 6.44. The average molecular weight is 528 g/mol. The van der Waals surface area contributed by atoms with E-state index in [-0.39, 0.29) is 24.2 Å². The lowest BCUT2D eigenvalue weighted by molar-refractivity contribution is 0.0470. The highest BCUT2D eigenvalue weighted by molar-refractivity contribution is 5.75. The van der Waals surface area contributed by atoms with Crippen molar-refractivity contribution in [1.29, 1.82) is 0 Å². The van der Waals surface area contributed by atoms with Crippen LogP contribution in [0.5, 0.6) is 0 Å². The molecular weight excluding hydrogens is 486 g/mol. The maximum Gasteiger partial charge on any atom is 0.315 e. The molecule has 206 valence electrons. The lowest BCUT2D eigenvalue weighted by Gasteiger charge is -2.36. The average Bonchev–Trinajstić information content (AvgIpc) is 3.29. The second-order valence-electron chi connectivity index (χ2n) is 11.2. The molecule has 6 heteroatoms. The predicted molar refractivity (Wildman–Crippen MR) is 154 cm³/mol. The van der Waals surface area contributed by atoms with Crippen LogP contribution < -0.4 is 16.0 Å². The first-order chi connectivity index (χ1) is 18.9. The Bertz CT molecular complexity index is 1170. The van der Waals surface area contributed by atoms with Crippen LogP contribution in [0.25, 0.3) is 0 Å². The van der Waals surface area contributed by atoms with Crippen LogP contribution in [0.1, 0.15) is 67.3 Å². The molecule has 0 spiro atoms. The normalized spacial score (nSPS) is 23.6. The van der Waals surface area contributed by atoms with Gasteiger partial charge >= 0.3 is 6.03 Å². The molecule has 2 amide bonds. The largest absolute Gasteiger partial charge is 0.391 e. The molecule has 39 heavy (non-hydrogen) atoms. The highest BCUT2D eigenvalue weighted by atomic mass is 16.3. The van der Waals surface area contributed by atoms with Gasteiger partial charge in [-0.3, -0.25) is 0 Å². The number of aliphatic hydroxyl groups excluding tert-OH is 1. The molecule has 1 saturated carbocycles. The minimum Gasteiger partial charge on any atom is -0.391 e. The summed E-state index contributed by atoms with van der Waals surface area (Å²) < 4.78 is 0. The van der Waals surface area contributed by atoms with Crippen molar-refractivity contribution in [2.75, 3.05) is 6.54 Å². The lowest BCUT2D eigenvalue weighted by atomic mass is 9.81. The van der Waals surface area contributed by atoms with E-state index in [0.717, 1.165) is 56.2 Å². The monoisotopic (exact) mass is 527 g/mol. The first-order valence-corrected chi connectivity index (χ1v) is 14.3. The number of carbonyl (C=O) groups excluding carboxylic acids is 1. The topological polar surface area (TPSA) is 93.6 Å². The van der Waals surface area contributed by atoms with Crippen LogP contribution >= 0.6 is 0 Å². The van der Waals surface area contributed by atoms with E-state index in [2.05, 4.69) is 28.1 Å². The zero-order valence-electron chi connectivity index (χ0n) is 22.7. The first kappa shape index (κ1) is 27.4. The molecule has 3 aromatic carbocycles. The van der Waals surface area contributed by atoms with Gasteiger partial charge in [-0.25, -0.2) is 4.79 Å². The zero-order valence-corrected chi connectivity index (χ0v) is 22.7. The van der Waals surface area contributed by atoms with Gasteiger partial charge in [-0.2, -0.15) is 0 Å². The Morgan fingerprint density at radius 1 is 0.897 bits per heavy atom. The molecule has 0 radical (unpaired) electrons. The molecule has 6 nitrogen and oxygen atoms in total. The second-order valence-corrected chi connectivity index (χ2v) is 11.2. The maximum atomic E-state index is 13.0. The minimum atomic E-state index is -1.35. The third-order valence-corrected chi connectivity index (χ3v) is 8.70. The molecule has 0 unspecified atom stereocenters. The molecule has 5 rings (SSSR count). The molecule has 1 fully saturated rings. The predicted octanol–water partition coefficient (Wildman–Crippen LogP) is 4.81. The van der Waals surface area contributed by atoms with Crippen LogP contribution in [0.4, 0.5) is 4.79 Å². The van der Waals surface area contributed by atoms with Crippen molar-refractivity contribution in [3.05, 3.63) is 107 Å². The van der Waals surface area contributed by atoms with Crippen LogP contribution in [0.15, 0.2) is 84.9 Å². The summed E-state index contributed by atoms with van der Waals surface area (Å²) in [6.07, 6.45) is 5.48. The smallest absolute Gasteiger partial charge is 0.315 e. The number of amides is 2. The number of rotatable bonds is 9. The molecule has 0 aromatic heterocycles. The Morgan fingerprint density at radius 3 is 2.13 bits per heavy atom. The van der Waals surface area contributed by atoms with Gasteiger partial charge in [0.2, 0.25) is 0 Å². The number of hydrogen-bond donors (Lipinski definition) is 5. The summed E-state index contributed by atoms with van der Waals surface area (Å²) in [6, 6.07) is 26.7. The molecule has 0 bridgehead atoms. The van der Waals surface area contributed by atoms with Crippen molar-refractivity contribution in [3.63, 3.8) is 0 Å². The molecule has 2 aliphatic carbocycles. The first-order valence-electron chi connectivity index (χ1n) is 14.3. The van der Waals surface area contributed by atoms with Gasteiger partial charge in [-0.1, -0.05) is 84.9 Å². The van der Waals surface area contributed by atoms with Crippen molar-refractivity contribution in [2.24, 2.45) is 5.92 Å². The van der Waals surface area contributed by atoms with E-state index in [0.29, 0.717) is 5.92 Å². The van der Waals surface area contributed by atoms with Gasteiger partial charge in [0.15, 0.2) is 0 Å². The van der Waals surface area contributed by atoms with E-state index in [4.69, 9.17) is 0 Å². The summed E-state index contributed by atoms with van der Waals surface area (Å²) in [4.78, 5) is 13.0. The van der Waals surface area contributed by atoms with Crippen molar-refractivity contribution in [2.45, 2.75) is 75.3 Å². The number of aliphatic hydroxyl groups is 2. The van der Waals surface area contributed by atoms with Crippen molar-refractivity contribution in [3.8, 4) is 0 Å². The van der Waals surface area contributed by atoms with E-state index in [9.17, 15) is 15.0 Å². The molecule has 3 atom stereocenters. The number of fused-ring (bicyclic) bond motifs is 1. The summed E-state index contributed by atoms with van der Waals surface area (Å²) >= 11 is 0. The molecule has 3 aromatic rings. The number of hydrogen-bond acceptors (Lipinski definition) is 4. The van der Waals surface area contributed by atoms with Gasteiger partial charge in [0.05, 0.1) is 18.2 Å². The SMILES string of the molecule is C[C@@H](NC(=O)NC1CCC(CCN[C@@H]2c3ccccc3C[C@@H]2O)CC1)C(O)(c1ccccc1)c1ccccc1. The number of nitrogens with one attached hydrogen (secondary N) is 3. The van der Waals surface area contributed by atoms with Gasteiger partial charge in [-0.15, -0.1) is 0 Å². The standard InChI is InChI=1S/C33H41N3O3/c1-23(33(39,26-11-4-2-5-12-26)27-13-6-3-7-14-27)35-32(38)36-28-18-16-24(17-19-28)20-21-34-31-29-15-9-8-10-25(29)22-30(31)37/h2-15,23-24,28,30-31,34,37,39H,16-22H2,1H3,(H2,35,36,38)/t23-,24?,28?,30+,31-/m1/s1. The van der Waals surface area contributed by atoms with Crippen molar-refractivity contribution >= 4 is 6.03 Å². The maximum absolute atomic E-state index is 13.0. The van der Waals surface area contributed by atoms with Crippen molar-refractivity contribution < 1.29 is 15.0 Å². The quantitative estimate of drug-likeness (QED) is 0.276. The molecule has 0 aliphatic heterocycles. The van der Waals surface area contributed by atoms with Gasteiger partial charge < -0.3 is 26.2 Å². The highest BCUT2D eigenvalue weighted by Crippen LogP contribution is 2.34. The van der Waals surface area contributed by atoms with E-state index in [1.54, 1.807) is 0 Å².